The highest BCUT2D eigenvalue weighted by Crippen LogP contribution is 2.19. The lowest BCUT2D eigenvalue weighted by molar-refractivity contribution is 0.186. The summed E-state index contributed by atoms with van der Waals surface area (Å²) in [6.07, 6.45) is 3.31. The summed E-state index contributed by atoms with van der Waals surface area (Å²) in [5.41, 5.74) is 1.99. The van der Waals surface area contributed by atoms with Gasteiger partial charge in [-0.2, -0.15) is 4.73 Å². The van der Waals surface area contributed by atoms with Gasteiger partial charge < -0.3 is 5.21 Å². The lowest BCUT2D eigenvalue weighted by Crippen LogP contribution is -1.98. The van der Waals surface area contributed by atoms with Crippen molar-refractivity contribution in [2.75, 3.05) is 0 Å². The van der Waals surface area contributed by atoms with Crippen LogP contribution in [0.3, 0.4) is 0 Å². The predicted molar refractivity (Wildman–Crippen MR) is 48.0 cm³/mol. The molecule has 2 aliphatic rings. The zero-order valence-corrected chi connectivity index (χ0v) is 7.38. The van der Waals surface area contributed by atoms with Crippen molar-refractivity contribution >= 4 is 12.4 Å². The molecule has 0 spiro atoms. The van der Waals surface area contributed by atoms with Gasteiger partial charge in [-0.25, -0.2) is 4.98 Å². The van der Waals surface area contributed by atoms with Crippen LogP contribution in [0.15, 0.2) is 24.5 Å². The molecule has 12 heavy (non-hydrogen) atoms. The van der Waals surface area contributed by atoms with Crippen LogP contribution in [0.1, 0.15) is 5.56 Å². The van der Waals surface area contributed by atoms with Gasteiger partial charge in [-0.3, -0.25) is 0 Å². The zero-order valence-electron chi connectivity index (χ0n) is 6.56. The topological polar surface area (TPSA) is 38.0 Å². The maximum Gasteiger partial charge on any atom is 0.175 e. The summed E-state index contributed by atoms with van der Waals surface area (Å²) in [6, 6.07) is 3.85. The first-order chi connectivity index (χ1) is 5.27. The van der Waals surface area contributed by atoms with E-state index < -0.39 is 0 Å². The normalized spacial score (nSPS) is 9.75. The van der Waals surface area contributed by atoms with E-state index in [0.29, 0.717) is 5.82 Å². The Bertz CT molecular complexity index is 358. The summed E-state index contributed by atoms with van der Waals surface area (Å²) in [7, 11) is 0. The van der Waals surface area contributed by atoms with E-state index in [2.05, 4.69) is 4.98 Å². The second-order valence-electron chi connectivity index (χ2n) is 2.59. The Labute approximate surface area is 76.4 Å². The molecule has 2 rings (SSSR count). The second-order valence-corrected chi connectivity index (χ2v) is 2.59. The van der Waals surface area contributed by atoms with Gasteiger partial charge in [0.25, 0.3) is 0 Å². The Morgan fingerprint density at radius 2 is 2.25 bits per heavy atom. The van der Waals surface area contributed by atoms with Crippen LogP contribution in [0.4, 0.5) is 0 Å². The van der Waals surface area contributed by atoms with E-state index in [0.717, 1.165) is 15.9 Å². The minimum Gasteiger partial charge on any atom is -0.427 e. The third kappa shape index (κ3) is 1.23. The molecular weight excluding hydrogens is 176 g/mol. The molecule has 0 aromatic heterocycles. The van der Waals surface area contributed by atoms with Gasteiger partial charge in [0.1, 0.15) is 0 Å². The second kappa shape index (κ2) is 3.03. The predicted octanol–water partition coefficient (Wildman–Crippen LogP) is 1.96. The van der Waals surface area contributed by atoms with Crippen molar-refractivity contribution in [1.82, 2.24) is 9.71 Å². The highest BCUT2D eigenvalue weighted by Gasteiger charge is 2.06. The van der Waals surface area contributed by atoms with Crippen LogP contribution in [0.25, 0.3) is 11.4 Å². The number of nitrogens with zero attached hydrogens (tertiary/aromatic N) is 2. The molecule has 0 bridgehead atoms. The molecule has 3 nitrogen and oxygen atoms in total. The molecule has 1 N–H and O–H groups in total. The van der Waals surface area contributed by atoms with E-state index in [-0.39, 0.29) is 12.4 Å². The molecule has 2 aliphatic heterocycles. The summed E-state index contributed by atoms with van der Waals surface area (Å²) < 4.78 is 1.05. The average molecular weight is 185 g/mol. The molecular formula is C8H9ClN2O. The summed E-state index contributed by atoms with van der Waals surface area (Å²) in [5.74, 6) is 0.607. The van der Waals surface area contributed by atoms with E-state index >= 15 is 0 Å². The number of halogens is 1. The van der Waals surface area contributed by atoms with Gasteiger partial charge in [-0.15, -0.1) is 12.4 Å². The third-order valence-electron chi connectivity index (χ3n) is 1.64. The van der Waals surface area contributed by atoms with Crippen molar-refractivity contribution in [3.05, 3.63) is 30.1 Å². The molecule has 0 aliphatic carbocycles. The summed E-state index contributed by atoms with van der Waals surface area (Å²) in [6.45, 7) is 1.93. The first-order valence-corrected chi connectivity index (χ1v) is 3.40. The fourth-order valence-corrected chi connectivity index (χ4v) is 1.18. The van der Waals surface area contributed by atoms with Crippen molar-refractivity contribution in [2.45, 2.75) is 6.92 Å². The van der Waals surface area contributed by atoms with Crippen LogP contribution in [0, 0.1) is 6.92 Å². The SMILES string of the molecule is Cc1cc2ccnc-2n(O)c1.Cl. The van der Waals surface area contributed by atoms with Gasteiger partial charge in [0.05, 0.1) is 0 Å². The Balaban J connectivity index is 0.000000720. The zero-order chi connectivity index (χ0) is 7.84. The monoisotopic (exact) mass is 184 g/mol. The van der Waals surface area contributed by atoms with Crippen molar-refractivity contribution in [3.63, 3.8) is 0 Å². The smallest absolute Gasteiger partial charge is 0.175 e. The largest absolute Gasteiger partial charge is 0.427 e. The van der Waals surface area contributed by atoms with Gasteiger partial charge in [0, 0.05) is 18.0 Å². The van der Waals surface area contributed by atoms with E-state index in [1.165, 1.54) is 0 Å². The highest BCUT2D eigenvalue weighted by molar-refractivity contribution is 5.85. The number of pyridine rings is 1. The van der Waals surface area contributed by atoms with Crippen LogP contribution >= 0.6 is 12.4 Å². The van der Waals surface area contributed by atoms with Crippen molar-refractivity contribution < 1.29 is 5.21 Å². The molecule has 0 saturated heterocycles. The Morgan fingerprint density at radius 3 is 3.00 bits per heavy atom. The summed E-state index contributed by atoms with van der Waals surface area (Å²) >= 11 is 0. The minimum absolute atomic E-state index is 0. The van der Waals surface area contributed by atoms with E-state index in [1.807, 2.05) is 19.1 Å². The highest BCUT2D eigenvalue weighted by atomic mass is 35.5. The lowest BCUT2D eigenvalue weighted by atomic mass is 10.2. The average Bonchev–Trinajstić information content (AvgIpc) is 2.34. The van der Waals surface area contributed by atoms with Crippen LogP contribution in [-0.2, 0) is 0 Å². The molecule has 0 radical (unpaired) electrons. The first kappa shape index (κ1) is 8.87. The Hall–Kier alpha value is -1.22. The van der Waals surface area contributed by atoms with E-state index in [4.69, 9.17) is 0 Å². The molecule has 4 heteroatoms. The van der Waals surface area contributed by atoms with Crippen LogP contribution in [0.2, 0.25) is 0 Å². The molecule has 0 amide bonds. The van der Waals surface area contributed by atoms with E-state index in [9.17, 15) is 5.21 Å². The Kier molecular flexibility index (Phi) is 2.24. The number of aromatic nitrogens is 2. The van der Waals surface area contributed by atoms with Gasteiger partial charge >= 0.3 is 0 Å². The third-order valence-corrected chi connectivity index (χ3v) is 1.64. The molecule has 2 heterocycles. The molecule has 0 unspecified atom stereocenters. The van der Waals surface area contributed by atoms with Gasteiger partial charge in [-0.1, -0.05) is 0 Å². The molecule has 0 saturated carbocycles. The minimum atomic E-state index is 0. The van der Waals surface area contributed by atoms with Gasteiger partial charge in [0.2, 0.25) is 0 Å². The first-order valence-electron chi connectivity index (χ1n) is 3.40. The van der Waals surface area contributed by atoms with Gasteiger partial charge in [-0.05, 0) is 24.6 Å². The number of aryl methyl sites for hydroxylation is 1. The molecule has 0 aromatic rings. The van der Waals surface area contributed by atoms with Crippen molar-refractivity contribution in [3.8, 4) is 11.4 Å². The van der Waals surface area contributed by atoms with Gasteiger partial charge in [0.15, 0.2) is 5.82 Å². The fourth-order valence-electron chi connectivity index (χ4n) is 1.18. The molecule has 0 aromatic carbocycles. The maximum absolute atomic E-state index is 9.30. The fraction of sp³-hybridized carbons (Fsp3) is 0.125. The molecule has 0 atom stereocenters. The van der Waals surface area contributed by atoms with Crippen molar-refractivity contribution in [1.29, 1.82) is 0 Å². The summed E-state index contributed by atoms with van der Waals surface area (Å²) in [5, 5.41) is 9.30. The quantitative estimate of drug-likeness (QED) is 0.636. The van der Waals surface area contributed by atoms with Crippen LogP contribution < -0.4 is 0 Å². The number of hydrogen-bond donors (Lipinski definition) is 1. The lowest BCUT2D eigenvalue weighted by Gasteiger charge is -2.04. The standard InChI is InChI=1S/C8H8N2O.ClH/c1-6-4-7-2-3-9-8(7)10(11)5-6;/h2-5,11H,1H3;1H. The summed E-state index contributed by atoms with van der Waals surface area (Å²) in [4.78, 5) is 3.97. The van der Waals surface area contributed by atoms with Crippen LogP contribution in [-0.4, -0.2) is 14.9 Å². The Morgan fingerprint density at radius 1 is 1.50 bits per heavy atom. The number of rotatable bonds is 0. The molecule has 64 valence electrons. The van der Waals surface area contributed by atoms with Crippen molar-refractivity contribution in [2.24, 2.45) is 0 Å². The maximum atomic E-state index is 9.30. The van der Waals surface area contributed by atoms with E-state index in [1.54, 1.807) is 12.4 Å². The molecule has 0 fully saturated rings. The number of hydrogen-bond acceptors (Lipinski definition) is 2. The number of fused-ring (bicyclic) bond motifs is 1. The van der Waals surface area contributed by atoms with Crippen LogP contribution in [0.5, 0.6) is 0 Å².